The first-order valence-corrected chi connectivity index (χ1v) is 5.40. The molecule has 0 fully saturated rings. The molecule has 1 aromatic carbocycles. The van der Waals surface area contributed by atoms with Gasteiger partial charge >= 0.3 is 0 Å². The van der Waals surface area contributed by atoms with Gasteiger partial charge in [0.15, 0.2) is 5.76 Å². The van der Waals surface area contributed by atoms with E-state index in [1.54, 1.807) is 31.3 Å². The number of hydrogen-bond donors (Lipinski definition) is 2. The lowest BCUT2D eigenvalue weighted by molar-refractivity contribution is 0.0996. The summed E-state index contributed by atoms with van der Waals surface area (Å²) in [5.41, 5.74) is 1.43. The monoisotopic (exact) mass is 250 g/mol. The van der Waals surface area contributed by atoms with Gasteiger partial charge in [0.2, 0.25) is 0 Å². The number of anilines is 2. The van der Waals surface area contributed by atoms with Gasteiger partial charge in [-0.15, -0.1) is 0 Å². The van der Waals surface area contributed by atoms with Gasteiger partial charge in [0.25, 0.3) is 5.91 Å². The molecule has 2 N–H and O–H groups in total. The second kappa shape index (κ2) is 4.93. The van der Waals surface area contributed by atoms with Crippen LogP contribution in [0, 0.1) is 0 Å². The van der Waals surface area contributed by atoms with Crippen LogP contribution < -0.4 is 10.6 Å². The second-order valence-electron chi connectivity index (χ2n) is 3.38. The standard InChI is InChI=1S/C12H11ClN2O2/c1-14-8-4-5-10(9(13)7-8)15-12(16)11-3-2-6-17-11/h2-7,14H,1H3,(H,15,16). The van der Waals surface area contributed by atoms with Crippen molar-refractivity contribution >= 4 is 28.9 Å². The van der Waals surface area contributed by atoms with Crippen molar-refractivity contribution in [1.29, 1.82) is 0 Å². The van der Waals surface area contributed by atoms with E-state index in [-0.39, 0.29) is 11.7 Å². The summed E-state index contributed by atoms with van der Waals surface area (Å²) in [5, 5.41) is 6.10. The third kappa shape index (κ3) is 2.60. The minimum Gasteiger partial charge on any atom is -0.459 e. The van der Waals surface area contributed by atoms with E-state index in [1.165, 1.54) is 6.26 Å². The maximum atomic E-state index is 11.7. The number of nitrogens with one attached hydrogen (secondary N) is 2. The molecule has 5 heteroatoms. The summed E-state index contributed by atoms with van der Waals surface area (Å²) in [6, 6.07) is 8.53. The Morgan fingerprint density at radius 3 is 2.76 bits per heavy atom. The molecule has 2 rings (SSSR count). The molecule has 0 bridgehead atoms. The van der Waals surface area contributed by atoms with Gasteiger partial charge in [0.05, 0.1) is 17.0 Å². The Hall–Kier alpha value is -1.94. The van der Waals surface area contributed by atoms with Crippen LogP contribution in [0.5, 0.6) is 0 Å². The van der Waals surface area contributed by atoms with E-state index in [4.69, 9.17) is 16.0 Å². The van der Waals surface area contributed by atoms with E-state index < -0.39 is 0 Å². The Labute approximate surface area is 104 Å². The fraction of sp³-hybridized carbons (Fsp3) is 0.0833. The summed E-state index contributed by atoms with van der Waals surface area (Å²) in [7, 11) is 1.80. The van der Waals surface area contributed by atoms with Crippen molar-refractivity contribution in [2.45, 2.75) is 0 Å². The lowest BCUT2D eigenvalue weighted by atomic mass is 10.2. The van der Waals surface area contributed by atoms with Gasteiger partial charge in [0, 0.05) is 12.7 Å². The summed E-state index contributed by atoms with van der Waals surface area (Å²) < 4.78 is 4.98. The molecule has 0 aliphatic rings. The minimum absolute atomic E-state index is 0.249. The van der Waals surface area contributed by atoms with Crippen LogP contribution in [0.1, 0.15) is 10.6 Å². The maximum absolute atomic E-state index is 11.7. The van der Waals surface area contributed by atoms with Crippen LogP contribution in [0.15, 0.2) is 41.0 Å². The zero-order valence-corrected chi connectivity index (χ0v) is 9.91. The summed E-state index contributed by atoms with van der Waals surface area (Å²) in [5.74, 6) is -0.0760. The lowest BCUT2D eigenvalue weighted by Crippen LogP contribution is -2.11. The number of halogens is 1. The molecular formula is C12H11ClN2O2. The minimum atomic E-state index is -0.325. The number of carbonyl (C=O) groups excluding carboxylic acids is 1. The van der Waals surface area contributed by atoms with Gasteiger partial charge in [-0.3, -0.25) is 4.79 Å². The molecule has 2 aromatic rings. The van der Waals surface area contributed by atoms with Crippen LogP contribution >= 0.6 is 11.6 Å². The van der Waals surface area contributed by atoms with Crippen LogP contribution in [0.25, 0.3) is 0 Å². The molecule has 0 atom stereocenters. The summed E-state index contributed by atoms with van der Waals surface area (Å²) >= 11 is 6.03. The number of amides is 1. The third-order valence-electron chi connectivity index (χ3n) is 2.25. The van der Waals surface area contributed by atoms with Crippen molar-refractivity contribution in [1.82, 2.24) is 0 Å². The van der Waals surface area contributed by atoms with Crippen LogP contribution in [0.2, 0.25) is 5.02 Å². The highest BCUT2D eigenvalue weighted by Gasteiger charge is 2.10. The van der Waals surface area contributed by atoms with E-state index in [0.717, 1.165) is 5.69 Å². The predicted octanol–water partition coefficient (Wildman–Crippen LogP) is 3.23. The SMILES string of the molecule is CNc1ccc(NC(=O)c2ccco2)c(Cl)c1. The fourth-order valence-corrected chi connectivity index (χ4v) is 1.59. The third-order valence-corrected chi connectivity index (χ3v) is 2.56. The molecule has 1 aromatic heterocycles. The molecule has 4 nitrogen and oxygen atoms in total. The van der Waals surface area contributed by atoms with Crippen molar-refractivity contribution in [3.8, 4) is 0 Å². The number of benzene rings is 1. The average Bonchev–Trinajstić information content (AvgIpc) is 2.85. The van der Waals surface area contributed by atoms with Crippen molar-refractivity contribution in [3.63, 3.8) is 0 Å². The quantitative estimate of drug-likeness (QED) is 0.879. The first-order valence-electron chi connectivity index (χ1n) is 5.03. The first kappa shape index (κ1) is 11.5. The normalized spacial score (nSPS) is 10.0. The second-order valence-corrected chi connectivity index (χ2v) is 3.78. The van der Waals surface area contributed by atoms with Crippen molar-refractivity contribution < 1.29 is 9.21 Å². The molecule has 0 aliphatic heterocycles. The highest BCUT2D eigenvalue weighted by atomic mass is 35.5. The van der Waals surface area contributed by atoms with Crippen LogP contribution in [0.4, 0.5) is 11.4 Å². The van der Waals surface area contributed by atoms with E-state index in [1.807, 2.05) is 6.07 Å². The summed E-state index contributed by atoms with van der Waals surface area (Å²) in [6.45, 7) is 0. The highest BCUT2D eigenvalue weighted by Crippen LogP contribution is 2.25. The van der Waals surface area contributed by atoms with Crippen molar-refractivity contribution in [3.05, 3.63) is 47.4 Å². The molecule has 88 valence electrons. The Kier molecular flexibility index (Phi) is 3.35. The molecular weight excluding hydrogens is 240 g/mol. The lowest BCUT2D eigenvalue weighted by Gasteiger charge is -2.07. The zero-order chi connectivity index (χ0) is 12.3. The van der Waals surface area contributed by atoms with Gasteiger partial charge in [0.1, 0.15) is 0 Å². The Bertz CT molecular complexity index is 523. The predicted molar refractivity (Wildman–Crippen MR) is 67.7 cm³/mol. The molecule has 0 aliphatic carbocycles. The first-order chi connectivity index (χ1) is 8.20. The molecule has 0 unspecified atom stereocenters. The Morgan fingerprint density at radius 1 is 1.35 bits per heavy atom. The van der Waals surface area contributed by atoms with Crippen molar-refractivity contribution in [2.24, 2.45) is 0 Å². The number of carbonyl (C=O) groups is 1. The van der Waals surface area contributed by atoms with Crippen LogP contribution in [-0.2, 0) is 0 Å². The van der Waals surface area contributed by atoms with E-state index in [0.29, 0.717) is 10.7 Å². The van der Waals surface area contributed by atoms with E-state index >= 15 is 0 Å². The Balaban J connectivity index is 2.16. The molecule has 0 spiro atoms. The zero-order valence-electron chi connectivity index (χ0n) is 9.16. The fourth-order valence-electron chi connectivity index (χ4n) is 1.36. The van der Waals surface area contributed by atoms with Crippen LogP contribution in [-0.4, -0.2) is 13.0 Å². The largest absolute Gasteiger partial charge is 0.459 e. The molecule has 0 saturated heterocycles. The smallest absolute Gasteiger partial charge is 0.291 e. The maximum Gasteiger partial charge on any atom is 0.291 e. The average molecular weight is 251 g/mol. The topological polar surface area (TPSA) is 54.3 Å². The molecule has 0 radical (unpaired) electrons. The van der Waals surface area contributed by atoms with Gasteiger partial charge in [-0.05, 0) is 30.3 Å². The summed E-state index contributed by atoms with van der Waals surface area (Å²) in [4.78, 5) is 11.7. The number of rotatable bonds is 3. The van der Waals surface area contributed by atoms with E-state index in [9.17, 15) is 4.79 Å². The molecule has 1 heterocycles. The highest BCUT2D eigenvalue weighted by molar-refractivity contribution is 6.34. The van der Waals surface area contributed by atoms with E-state index in [2.05, 4.69) is 10.6 Å². The number of hydrogen-bond acceptors (Lipinski definition) is 3. The Morgan fingerprint density at radius 2 is 2.18 bits per heavy atom. The van der Waals surface area contributed by atoms with Gasteiger partial charge in [-0.1, -0.05) is 11.6 Å². The molecule has 17 heavy (non-hydrogen) atoms. The summed E-state index contributed by atoms with van der Waals surface area (Å²) in [6.07, 6.45) is 1.45. The molecule has 0 saturated carbocycles. The van der Waals surface area contributed by atoms with Gasteiger partial charge < -0.3 is 15.1 Å². The van der Waals surface area contributed by atoms with Crippen LogP contribution in [0.3, 0.4) is 0 Å². The van der Waals surface area contributed by atoms with Gasteiger partial charge in [-0.2, -0.15) is 0 Å². The van der Waals surface area contributed by atoms with Gasteiger partial charge in [-0.25, -0.2) is 0 Å². The number of furan rings is 1. The van der Waals surface area contributed by atoms with Crippen molar-refractivity contribution in [2.75, 3.05) is 17.7 Å². The molecule has 1 amide bonds.